The van der Waals surface area contributed by atoms with Crippen LogP contribution in [0.3, 0.4) is 0 Å². The van der Waals surface area contributed by atoms with Gasteiger partial charge in [0.1, 0.15) is 0 Å². The summed E-state index contributed by atoms with van der Waals surface area (Å²) in [6.07, 6.45) is 0. The molecule has 0 saturated carbocycles. The molecular formula is C8H10N2NaO2+. The Kier molecular flexibility index (Phi) is 5.70. The second-order valence-corrected chi connectivity index (χ2v) is 2.48. The maximum atomic E-state index is 10.8. The maximum Gasteiger partial charge on any atom is 1.00 e. The molecule has 1 rings (SSSR count). The SMILES string of the molecule is CC(c1ccccc1)/[N+]([O-])=N\O.[Na+]. The molecule has 0 saturated heterocycles. The number of hydrogen-bond acceptors (Lipinski definition) is 2. The van der Waals surface area contributed by atoms with E-state index in [0.717, 1.165) is 5.56 Å². The van der Waals surface area contributed by atoms with Crippen LogP contribution in [0.2, 0.25) is 0 Å². The topological polar surface area (TPSA) is 58.7 Å². The van der Waals surface area contributed by atoms with Crippen molar-refractivity contribution in [3.8, 4) is 0 Å². The Hall–Kier alpha value is -0.580. The molecule has 64 valence electrons. The molecule has 0 radical (unpaired) electrons. The first kappa shape index (κ1) is 12.4. The van der Waals surface area contributed by atoms with Gasteiger partial charge >= 0.3 is 29.6 Å². The molecule has 0 fully saturated rings. The Balaban J connectivity index is 0.00000144. The summed E-state index contributed by atoms with van der Waals surface area (Å²) in [4.78, 5) is 0.259. The molecule has 0 aliphatic heterocycles. The predicted molar refractivity (Wildman–Crippen MR) is 42.7 cm³/mol. The molecule has 1 aromatic rings. The third-order valence-electron chi connectivity index (χ3n) is 1.70. The van der Waals surface area contributed by atoms with Gasteiger partial charge < -0.3 is 10.4 Å². The summed E-state index contributed by atoms with van der Waals surface area (Å²) < 4.78 is 0. The Bertz CT molecular complexity index is 277. The Labute approximate surface area is 98.7 Å². The van der Waals surface area contributed by atoms with Crippen molar-refractivity contribution in [1.82, 2.24) is 0 Å². The standard InChI is InChI=1S/C8H10N2O2.Na/c1-7(10(12)9-11)8-5-3-2-4-6-8;/h2-7,11H,1H3;/q;+1/b10-9+;. The van der Waals surface area contributed by atoms with Crippen LogP contribution in [-0.4, -0.2) is 10.1 Å². The molecule has 1 N–H and O–H groups in total. The number of hydrogen-bond donors (Lipinski definition) is 1. The van der Waals surface area contributed by atoms with Crippen molar-refractivity contribution < 1.29 is 39.6 Å². The van der Waals surface area contributed by atoms with Gasteiger partial charge in [0.25, 0.3) is 0 Å². The largest absolute Gasteiger partial charge is 1.00 e. The van der Waals surface area contributed by atoms with E-state index in [2.05, 4.69) is 5.28 Å². The van der Waals surface area contributed by atoms with Crippen molar-refractivity contribution in [1.29, 1.82) is 0 Å². The molecule has 0 spiro atoms. The van der Waals surface area contributed by atoms with Crippen molar-refractivity contribution >= 4 is 0 Å². The van der Waals surface area contributed by atoms with Gasteiger partial charge in [-0.25, -0.2) is 0 Å². The van der Waals surface area contributed by atoms with E-state index in [1.54, 1.807) is 19.1 Å². The van der Waals surface area contributed by atoms with Crippen LogP contribution in [0.15, 0.2) is 35.6 Å². The number of benzene rings is 1. The van der Waals surface area contributed by atoms with Crippen LogP contribution < -0.4 is 29.6 Å². The summed E-state index contributed by atoms with van der Waals surface area (Å²) in [5, 5.41) is 21.6. The van der Waals surface area contributed by atoms with Crippen LogP contribution >= 0.6 is 0 Å². The van der Waals surface area contributed by atoms with Gasteiger partial charge in [-0.05, 0) is 4.86 Å². The monoisotopic (exact) mass is 189 g/mol. The molecule has 0 aliphatic rings. The summed E-state index contributed by atoms with van der Waals surface area (Å²) >= 11 is 0. The second-order valence-electron chi connectivity index (χ2n) is 2.48. The third kappa shape index (κ3) is 3.34. The molecule has 0 heterocycles. The number of nitrogens with zero attached hydrogens (tertiary/aromatic N) is 2. The minimum atomic E-state index is -0.448. The van der Waals surface area contributed by atoms with Gasteiger partial charge in [-0.3, -0.25) is 0 Å². The van der Waals surface area contributed by atoms with Crippen molar-refractivity contribution in [2.45, 2.75) is 13.0 Å². The fourth-order valence-corrected chi connectivity index (χ4v) is 0.937. The maximum absolute atomic E-state index is 10.8. The molecule has 4 nitrogen and oxygen atoms in total. The van der Waals surface area contributed by atoms with Crippen LogP contribution in [0.4, 0.5) is 0 Å². The average molecular weight is 189 g/mol. The normalized spacial score (nSPS) is 13.2. The molecule has 1 atom stereocenters. The van der Waals surface area contributed by atoms with E-state index in [1.165, 1.54) is 0 Å². The molecule has 0 aliphatic carbocycles. The van der Waals surface area contributed by atoms with Gasteiger partial charge in [-0.2, -0.15) is 0 Å². The molecule has 13 heavy (non-hydrogen) atoms. The van der Waals surface area contributed by atoms with Gasteiger partial charge in [0, 0.05) is 12.5 Å². The summed E-state index contributed by atoms with van der Waals surface area (Å²) in [6, 6.07) is 8.69. The average Bonchev–Trinajstić information content (AvgIpc) is 2.17. The van der Waals surface area contributed by atoms with Crippen LogP contribution in [0.5, 0.6) is 0 Å². The quantitative estimate of drug-likeness (QED) is 0.284. The first-order valence-electron chi connectivity index (χ1n) is 3.62. The Morgan fingerprint density at radius 2 is 1.92 bits per heavy atom. The van der Waals surface area contributed by atoms with E-state index in [1.807, 2.05) is 18.2 Å². The summed E-state index contributed by atoms with van der Waals surface area (Å²) in [5.74, 6) is 0. The Morgan fingerprint density at radius 1 is 1.38 bits per heavy atom. The van der Waals surface area contributed by atoms with Gasteiger partial charge in [-0.1, -0.05) is 30.3 Å². The predicted octanol–water partition coefficient (Wildman–Crippen LogP) is -0.897. The van der Waals surface area contributed by atoms with E-state index < -0.39 is 6.04 Å². The second kappa shape index (κ2) is 5.96. The molecule has 0 amide bonds. The Morgan fingerprint density at radius 3 is 2.38 bits per heavy atom. The zero-order chi connectivity index (χ0) is 8.97. The van der Waals surface area contributed by atoms with Crippen LogP contribution in [0.1, 0.15) is 18.5 Å². The molecule has 5 heteroatoms. The van der Waals surface area contributed by atoms with Crippen molar-refractivity contribution in [3.63, 3.8) is 0 Å². The van der Waals surface area contributed by atoms with Crippen molar-refractivity contribution in [2.75, 3.05) is 0 Å². The van der Waals surface area contributed by atoms with Gasteiger partial charge in [0.2, 0.25) is 6.04 Å². The molecule has 1 aromatic carbocycles. The van der Waals surface area contributed by atoms with Crippen molar-refractivity contribution in [3.05, 3.63) is 41.1 Å². The van der Waals surface area contributed by atoms with Crippen LogP contribution in [-0.2, 0) is 0 Å². The summed E-state index contributed by atoms with van der Waals surface area (Å²) in [6.45, 7) is 1.67. The first-order chi connectivity index (χ1) is 5.75. The van der Waals surface area contributed by atoms with E-state index in [4.69, 9.17) is 5.21 Å². The zero-order valence-corrected chi connectivity index (χ0v) is 9.71. The van der Waals surface area contributed by atoms with E-state index in [0.29, 0.717) is 0 Å². The smallest absolute Gasteiger partial charge is 0.597 e. The first-order valence-corrected chi connectivity index (χ1v) is 3.62. The number of hydroxylamine groups is 1. The van der Waals surface area contributed by atoms with E-state index >= 15 is 0 Å². The minimum Gasteiger partial charge on any atom is -0.597 e. The molecular weight excluding hydrogens is 179 g/mol. The minimum absolute atomic E-state index is 0. The van der Waals surface area contributed by atoms with Gasteiger partial charge in [0.15, 0.2) is 5.28 Å². The van der Waals surface area contributed by atoms with Gasteiger partial charge in [0.05, 0.1) is 0 Å². The van der Waals surface area contributed by atoms with Gasteiger partial charge in [-0.15, -0.1) is 0 Å². The number of rotatable bonds is 2. The summed E-state index contributed by atoms with van der Waals surface area (Å²) in [7, 11) is 0. The van der Waals surface area contributed by atoms with Crippen molar-refractivity contribution in [2.24, 2.45) is 5.28 Å². The molecule has 0 bridgehead atoms. The third-order valence-corrected chi connectivity index (χ3v) is 1.70. The zero-order valence-electron chi connectivity index (χ0n) is 7.71. The van der Waals surface area contributed by atoms with E-state index in [9.17, 15) is 5.21 Å². The fraction of sp³-hybridized carbons (Fsp3) is 0.250. The molecule has 1 unspecified atom stereocenters. The van der Waals surface area contributed by atoms with Crippen LogP contribution in [0, 0.1) is 5.21 Å². The van der Waals surface area contributed by atoms with E-state index in [-0.39, 0.29) is 34.4 Å². The molecule has 0 aromatic heterocycles. The fourth-order valence-electron chi connectivity index (χ4n) is 0.937. The summed E-state index contributed by atoms with van der Waals surface area (Å²) in [5.41, 5.74) is 0.824. The van der Waals surface area contributed by atoms with Crippen LogP contribution in [0.25, 0.3) is 0 Å².